The van der Waals surface area contributed by atoms with Crippen LogP contribution in [-0.2, 0) is 25.8 Å². The number of benzene rings is 3. The zero-order valence-corrected chi connectivity index (χ0v) is 22.5. The van der Waals surface area contributed by atoms with E-state index in [1.165, 1.54) is 0 Å². The highest BCUT2D eigenvalue weighted by Gasteiger charge is 2.17. The summed E-state index contributed by atoms with van der Waals surface area (Å²) in [5, 5.41) is 23.8. The van der Waals surface area contributed by atoms with E-state index in [1.807, 2.05) is 61.5 Å². The minimum atomic E-state index is -0.990. The first-order chi connectivity index (χ1) is 19.5. The van der Waals surface area contributed by atoms with Gasteiger partial charge in [-0.2, -0.15) is 5.21 Å². The average Bonchev–Trinajstić information content (AvgIpc) is 3.52. The number of nitrogens with one attached hydrogen (secondary N) is 1. The smallest absolute Gasteiger partial charge is 0.335 e. The number of rotatable bonds is 10. The molecule has 0 saturated carbocycles. The molecular weight excluding hydrogens is 504 g/mol. The predicted octanol–water partition coefficient (Wildman–Crippen LogP) is 4.94. The maximum Gasteiger partial charge on any atom is 0.335 e. The van der Waals surface area contributed by atoms with E-state index in [9.17, 15) is 14.7 Å². The summed E-state index contributed by atoms with van der Waals surface area (Å²) < 4.78 is 1.75. The van der Waals surface area contributed by atoms with Gasteiger partial charge in [0, 0.05) is 24.0 Å². The van der Waals surface area contributed by atoms with Crippen molar-refractivity contribution in [3.8, 4) is 22.5 Å². The Morgan fingerprint density at radius 3 is 2.40 bits per heavy atom. The Balaban J connectivity index is 1.49. The Hall–Kier alpha value is -4.92. The summed E-state index contributed by atoms with van der Waals surface area (Å²) in [6.07, 6.45) is 2.50. The van der Waals surface area contributed by atoms with E-state index in [4.69, 9.17) is 4.98 Å². The van der Waals surface area contributed by atoms with Gasteiger partial charge in [-0.1, -0.05) is 80.9 Å². The van der Waals surface area contributed by atoms with Gasteiger partial charge >= 0.3 is 5.97 Å². The van der Waals surface area contributed by atoms with Crippen LogP contribution in [0.25, 0.3) is 22.5 Å². The summed E-state index contributed by atoms with van der Waals surface area (Å²) in [5.74, 6) is 0.275. The van der Waals surface area contributed by atoms with Crippen molar-refractivity contribution in [1.82, 2.24) is 30.2 Å². The molecule has 0 atom stereocenters. The predicted molar refractivity (Wildman–Crippen MR) is 152 cm³/mol. The number of carboxylic acid groups (broad SMARTS) is 1. The molecule has 2 N–H and O–H groups in total. The lowest BCUT2D eigenvalue weighted by atomic mass is 9.98. The summed E-state index contributed by atoms with van der Waals surface area (Å²) in [6, 6.07) is 22.7. The summed E-state index contributed by atoms with van der Waals surface area (Å²) in [4.78, 5) is 30.3. The second-order valence-corrected chi connectivity index (χ2v) is 9.61. The van der Waals surface area contributed by atoms with Crippen LogP contribution in [0.5, 0.6) is 0 Å². The van der Waals surface area contributed by atoms with E-state index < -0.39 is 5.97 Å². The zero-order valence-electron chi connectivity index (χ0n) is 22.5. The first kappa shape index (κ1) is 26.7. The molecule has 0 bridgehead atoms. The normalized spacial score (nSPS) is 11.1. The van der Waals surface area contributed by atoms with Gasteiger partial charge in [0.25, 0.3) is 5.56 Å². The third kappa shape index (κ3) is 5.58. The lowest BCUT2D eigenvalue weighted by molar-refractivity contribution is 0.0696. The van der Waals surface area contributed by atoms with E-state index in [1.54, 1.807) is 22.8 Å². The average molecular weight is 535 g/mol. The number of aromatic carboxylic acids is 1. The Morgan fingerprint density at radius 1 is 0.950 bits per heavy atom. The van der Waals surface area contributed by atoms with Crippen LogP contribution in [0, 0.1) is 0 Å². The molecule has 5 rings (SSSR count). The molecule has 40 heavy (non-hydrogen) atoms. The van der Waals surface area contributed by atoms with Crippen LogP contribution >= 0.6 is 0 Å². The number of carboxylic acids is 1. The number of aromatic amines is 1. The molecule has 2 heterocycles. The number of H-pyrrole nitrogens is 1. The Labute approximate surface area is 231 Å². The van der Waals surface area contributed by atoms with Crippen molar-refractivity contribution in [2.45, 2.75) is 46.1 Å². The van der Waals surface area contributed by atoms with Gasteiger partial charge in [-0.25, -0.2) is 9.78 Å². The van der Waals surface area contributed by atoms with Crippen LogP contribution in [0.15, 0.2) is 77.6 Å². The lowest BCUT2D eigenvalue weighted by Crippen LogP contribution is -2.31. The van der Waals surface area contributed by atoms with Crippen LogP contribution in [0.1, 0.15) is 58.8 Å². The second kappa shape index (κ2) is 11.9. The van der Waals surface area contributed by atoms with Crippen molar-refractivity contribution in [1.29, 1.82) is 0 Å². The van der Waals surface area contributed by atoms with E-state index in [0.717, 1.165) is 45.8 Å². The molecule has 3 aromatic carbocycles. The van der Waals surface area contributed by atoms with E-state index in [0.29, 0.717) is 37.2 Å². The monoisotopic (exact) mass is 534 g/mol. The molecule has 0 radical (unpaired) electrons. The number of aryl methyl sites for hydroxylation is 2. The van der Waals surface area contributed by atoms with Gasteiger partial charge < -0.3 is 5.11 Å². The standard InChI is InChI=1S/C31H30N6O3/c1-3-8-27-26(18-21-9-7-10-23(17-21)31(39)40)30(38)37(28(4-2)32-27)19-20-13-15-22(16-14-20)24-11-5-6-12-25(24)29-33-35-36-34-29/h5-7,9-17H,3-4,8,18-19H2,1-2H3,(H,39,40)(H,33,34,35,36). The molecule has 0 aliphatic heterocycles. The van der Waals surface area contributed by atoms with Gasteiger partial charge in [0.1, 0.15) is 5.82 Å². The molecule has 9 nitrogen and oxygen atoms in total. The van der Waals surface area contributed by atoms with Crippen molar-refractivity contribution in [3.63, 3.8) is 0 Å². The molecule has 5 aromatic rings. The molecule has 2 aromatic heterocycles. The van der Waals surface area contributed by atoms with Gasteiger partial charge in [-0.3, -0.25) is 9.36 Å². The summed E-state index contributed by atoms with van der Waals surface area (Å²) in [6.45, 7) is 4.45. The second-order valence-electron chi connectivity index (χ2n) is 9.61. The van der Waals surface area contributed by atoms with Crippen molar-refractivity contribution < 1.29 is 9.90 Å². The number of hydrogen-bond donors (Lipinski definition) is 2. The van der Waals surface area contributed by atoms with Gasteiger partial charge in [-0.05, 0) is 46.0 Å². The van der Waals surface area contributed by atoms with Gasteiger partial charge in [0.05, 0.1) is 17.8 Å². The lowest BCUT2D eigenvalue weighted by Gasteiger charge is -2.17. The van der Waals surface area contributed by atoms with Gasteiger partial charge in [-0.15, -0.1) is 10.2 Å². The van der Waals surface area contributed by atoms with Crippen LogP contribution < -0.4 is 5.56 Å². The van der Waals surface area contributed by atoms with Crippen molar-refractivity contribution >= 4 is 5.97 Å². The molecule has 0 saturated heterocycles. The Kier molecular flexibility index (Phi) is 7.91. The zero-order chi connectivity index (χ0) is 28.1. The number of tetrazole rings is 1. The molecular formula is C31H30N6O3. The first-order valence-electron chi connectivity index (χ1n) is 13.3. The van der Waals surface area contributed by atoms with Gasteiger partial charge in [0.15, 0.2) is 0 Å². The quantitative estimate of drug-likeness (QED) is 0.260. The van der Waals surface area contributed by atoms with Crippen molar-refractivity contribution in [2.75, 3.05) is 0 Å². The minimum Gasteiger partial charge on any atom is -0.478 e. The van der Waals surface area contributed by atoms with Crippen LogP contribution in [0.4, 0.5) is 0 Å². The molecule has 0 aliphatic rings. The Bertz CT molecular complexity index is 1690. The molecule has 0 spiro atoms. The van der Waals surface area contributed by atoms with Crippen molar-refractivity contribution in [2.24, 2.45) is 0 Å². The fraction of sp³-hybridized carbons (Fsp3) is 0.226. The summed E-state index contributed by atoms with van der Waals surface area (Å²) >= 11 is 0. The fourth-order valence-corrected chi connectivity index (χ4v) is 4.94. The third-order valence-electron chi connectivity index (χ3n) is 6.90. The van der Waals surface area contributed by atoms with Crippen LogP contribution in [0.2, 0.25) is 0 Å². The highest BCUT2D eigenvalue weighted by molar-refractivity contribution is 5.87. The molecule has 0 unspecified atom stereocenters. The Morgan fingerprint density at radius 2 is 1.73 bits per heavy atom. The molecule has 0 amide bonds. The van der Waals surface area contributed by atoms with Crippen LogP contribution in [0.3, 0.4) is 0 Å². The van der Waals surface area contributed by atoms with E-state index in [-0.39, 0.29) is 11.1 Å². The summed E-state index contributed by atoms with van der Waals surface area (Å²) in [5.41, 5.74) is 6.14. The third-order valence-corrected chi connectivity index (χ3v) is 6.90. The summed E-state index contributed by atoms with van der Waals surface area (Å²) in [7, 11) is 0. The van der Waals surface area contributed by atoms with Crippen LogP contribution in [-0.4, -0.2) is 41.3 Å². The number of hydrogen-bond acceptors (Lipinski definition) is 6. The number of nitrogens with zero attached hydrogens (tertiary/aromatic N) is 5. The maximum absolute atomic E-state index is 13.9. The topological polar surface area (TPSA) is 127 Å². The molecule has 0 aliphatic carbocycles. The number of aromatic nitrogens is 6. The molecule has 9 heteroatoms. The highest BCUT2D eigenvalue weighted by Crippen LogP contribution is 2.29. The first-order valence-corrected chi connectivity index (χ1v) is 13.3. The maximum atomic E-state index is 13.9. The molecule has 0 fully saturated rings. The van der Waals surface area contributed by atoms with E-state index >= 15 is 0 Å². The largest absolute Gasteiger partial charge is 0.478 e. The SMILES string of the molecule is CCCc1nc(CC)n(Cc2ccc(-c3ccccc3-c3nn[nH]n3)cc2)c(=O)c1Cc1cccc(C(=O)O)c1. The number of carbonyl (C=O) groups is 1. The fourth-order valence-electron chi connectivity index (χ4n) is 4.94. The van der Waals surface area contributed by atoms with E-state index in [2.05, 4.69) is 27.5 Å². The van der Waals surface area contributed by atoms with Gasteiger partial charge in [0.2, 0.25) is 5.82 Å². The van der Waals surface area contributed by atoms with Crippen molar-refractivity contribution in [3.05, 3.63) is 117 Å². The molecule has 202 valence electrons. The minimum absolute atomic E-state index is 0.0810. The highest BCUT2D eigenvalue weighted by atomic mass is 16.4.